The van der Waals surface area contributed by atoms with Crippen LogP contribution in [0.4, 0.5) is 0 Å². The number of sulfonamides is 1. The molecule has 92 valence electrons. The van der Waals surface area contributed by atoms with Crippen LogP contribution in [0.25, 0.3) is 0 Å². The molecule has 1 N–H and O–H groups in total. The average Bonchev–Trinajstić information content (AvgIpc) is 2.54. The van der Waals surface area contributed by atoms with Crippen LogP contribution < -0.4 is 0 Å². The Kier molecular flexibility index (Phi) is 4.06. The summed E-state index contributed by atoms with van der Waals surface area (Å²) in [5.74, 6) is 0. The fraction of sp³-hybridized carbons (Fsp3) is 0.667. The van der Waals surface area contributed by atoms with Crippen molar-refractivity contribution in [2.24, 2.45) is 7.05 Å². The summed E-state index contributed by atoms with van der Waals surface area (Å²) < 4.78 is 27.0. The number of aryl methyl sites for hydroxylation is 2. The van der Waals surface area contributed by atoms with Crippen molar-refractivity contribution in [3.05, 3.63) is 11.9 Å². The van der Waals surface area contributed by atoms with Crippen molar-refractivity contribution in [2.75, 3.05) is 19.7 Å². The molecule has 0 aromatic carbocycles. The summed E-state index contributed by atoms with van der Waals surface area (Å²) in [5, 5.41) is 12.8. The van der Waals surface area contributed by atoms with Gasteiger partial charge >= 0.3 is 0 Å². The minimum Gasteiger partial charge on any atom is -0.395 e. The molecule has 0 aliphatic carbocycles. The first kappa shape index (κ1) is 13.1. The molecule has 0 saturated carbocycles. The van der Waals surface area contributed by atoms with Crippen molar-refractivity contribution in [2.45, 2.75) is 18.7 Å². The second-order valence-corrected chi connectivity index (χ2v) is 5.38. The first-order valence-electron chi connectivity index (χ1n) is 5.04. The molecule has 0 spiro atoms. The van der Waals surface area contributed by atoms with Crippen LogP contribution in [0.3, 0.4) is 0 Å². The number of likely N-dealkylation sites (N-methyl/N-ethyl adjacent to an activating group) is 1. The standard InChI is InChI=1S/C9H17N3O3S/c1-4-12(5-6-13)16(14,15)9-7-11(3)10-8(9)2/h7,13H,4-6H2,1-3H3. The minimum atomic E-state index is -3.53. The first-order chi connectivity index (χ1) is 7.43. The summed E-state index contributed by atoms with van der Waals surface area (Å²) in [6.07, 6.45) is 1.48. The molecular weight excluding hydrogens is 230 g/mol. The van der Waals surface area contributed by atoms with Gasteiger partial charge in [0.2, 0.25) is 10.0 Å². The van der Waals surface area contributed by atoms with Crippen molar-refractivity contribution in [3.8, 4) is 0 Å². The average molecular weight is 247 g/mol. The third-order valence-corrected chi connectivity index (χ3v) is 4.37. The highest BCUT2D eigenvalue weighted by atomic mass is 32.2. The Labute approximate surface area is 95.5 Å². The predicted octanol–water partition coefficient (Wildman–Crippen LogP) is -0.269. The molecule has 0 saturated heterocycles. The van der Waals surface area contributed by atoms with Crippen LogP contribution in [0.5, 0.6) is 0 Å². The maximum atomic E-state index is 12.1. The normalized spacial score (nSPS) is 12.3. The molecule has 0 aliphatic rings. The number of hydrogen-bond donors (Lipinski definition) is 1. The maximum absolute atomic E-state index is 12.1. The van der Waals surface area contributed by atoms with Gasteiger partial charge in [-0.05, 0) is 6.92 Å². The van der Waals surface area contributed by atoms with Gasteiger partial charge in [-0.25, -0.2) is 8.42 Å². The van der Waals surface area contributed by atoms with Gasteiger partial charge in [-0.2, -0.15) is 9.40 Å². The minimum absolute atomic E-state index is 0.104. The van der Waals surface area contributed by atoms with Crippen LogP contribution in [-0.4, -0.2) is 47.3 Å². The lowest BCUT2D eigenvalue weighted by molar-refractivity contribution is 0.257. The van der Waals surface area contributed by atoms with Gasteiger partial charge in [-0.15, -0.1) is 0 Å². The van der Waals surface area contributed by atoms with Crippen LogP contribution >= 0.6 is 0 Å². The molecule has 0 fully saturated rings. The SMILES string of the molecule is CCN(CCO)S(=O)(=O)c1cn(C)nc1C. The van der Waals surface area contributed by atoms with Gasteiger partial charge in [0.1, 0.15) is 4.90 Å². The van der Waals surface area contributed by atoms with Crippen molar-refractivity contribution in [1.82, 2.24) is 14.1 Å². The van der Waals surface area contributed by atoms with Gasteiger partial charge in [0.25, 0.3) is 0 Å². The number of nitrogens with zero attached hydrogens (tertiary/aromatic N) is 3. The maximum Gasteiger partial charge on any atom is 0.246 e. The summed E-state index contributed by atoms with van der Waals surface area (Å²) in [7, 11) is -1.86. The molecule has 6 nitrogen and oxygen atoms in total. The fourth-order valence-electron chi connectivity index (χ4n) is 1.53. The highest BCUT2D eigenvalue weighted by Crippen LogP contribution is 2.17. The Bertz CT molecular complexity index is 453. The van der Waals surface area contributed by atoms with Crippen LogP contribution in [0, 0.1) is 6.92 Å². The number of hydrogen-bond acceptors (Lipinski definition) is 4. The Hall–Kier alpha value is -0.920. The fourth-order valence-corrected chi connectivity index (χ4v) is 3.17. The zero-order chi connectivity index (χ0) is 12.3. The Morgan fingerprint density at radius 2 is 2.19 bits per heavy atom. The Balaban J connectivity index is 3.14. The number of rotatable bonds is 5. The second-order valence-electron chi connectivity index (χ2n) is 3.47. The Morgan fingerprint density at radius 1 is 1.56 bits per heavy atom. The van der Waals surface area contributed by atoms with E-state index in [9.17, 15) is 8.42 Å². The molecule has 16 heavy (non-hydrogen) atoms. The molecule has 1 aromatic heterocycles. The van der Waals surface area contributed by atoms with E-state index in [2.05, 4.69) is 5.10 Å². The lowest BCUT2D eigenvalue weighted by Crippen LogP contribution is -2.33. The molecular formula is C9H17N3O3S. The van der Waals surface area contributed by atoms with E-state index in [1.165, 1.54) is 15.2 Å². The van der Waals surface area contributed by atoms with E-state index in [1.54, 1.807) is 20.9 Å². The van der Waals surface area contributed by atoms with Crippen LogP contribution in [0.15, 0.2) is 11.1 Å². The summed E-state index contributed by atoms with van der Waals surface area (Å²) >= 11 is 0. The first-order valence-corrected chi connectivity index (χ1v) is 6.48. The summed E-state index contributed by atoms with van der Waals surface area (Å²) in [4.78, 5) is 0.199. The third kappa shape index (κ3) is 2.42. The van der Waals surface area contributed by atoms with Crippen molar-refractivity contribution in [1.29, 1.82) is 0 Å². The molecule has 0 bridgehead atoms. The number of aliphatic hydroxyl groups excluding tert-OH is 1. The largest absolute Gasteiger partial charge is 0.395 e. The van der Waals surface area contributed by atoms with Gasteiger partial charge in [0.15, 0.2) is 0 Å². The third-order valence-electron chi connectivity index (χ3n) is 2.29. The van der Waals surface area contributed by atoms with Gasteiger partial charge in [-0.1, -0.05) is 6.92 Å². The molecule has 1 rings (SSSR count). The van der Waals surface area contributed by atoms with Gasteiger partial charge in [0.05, 0.1) is 12.3 Å². The summed E-state index contributed by atoms with van der Waals surface area (Å²) in [5.41, 5.74) is 0.471. The number of aliphatic hydroxyl groups is 1. The predicted molar refractivity (Wildman–Crippen MR) is 59.5 cm³/mol. The van der Waals surface area contributed by atoms with Crippen LogP contribution in [0.2, 0.25) is 0 Å². The van der Waals surface area contributed by atoms with Crippen molar-refractivity contribution < 1.29 is 13.5 Å². The van der Waals surface area contributed by atoms with E-state index in [1.807, 2.05) is 0 Å². The van der Waals surface area contributed by atoms with E-state index in [-0.39, 0.29) is 18.0 Å². The van der Waals surface area contributed by atoms with Gasteiger partial charge in [0, 0.05) is 26.3 Å². The zero-order valence-corrected chi connectivity index (χ0v) is 10.5. The smallest absolute Gasteiger partial charge is 0.246 e. The van der Waals surface area contributed by atoms with Crippen molar-refractivity contribution in [3.63, 3.8) is 0 Å². The molecule has 0 aliphatic heterocycles. The van der Waals surface area contributed by atoms with Gasteiger partial charge in [-0.3, -0.25) is 4.68 Å². The van der Waals surface area contributed by atoms with Crippen LogP contribution in [-0.2, 0) is 17.1 Å². The Morgan fingerprint density at radius 3 is 2.56 bits per heavy atom. The zero-order valence-electron chi connectivity index (χ0n) is 9.71. The summed E-state index contributed by atoms with van der Waals surface area (Å²) in [6, 6.07) is 0. The second kappa shape index (κ2) is 4.94. The van der Waals surface area contributed by atoms with E-state index >= 15 is 0 Å². The molecule has 0 atom stereocenters. The lowest BCUT2D eigenvalue weighted by atomic mass is 10.5. The number of aromatic nitrogens is 2. The topological polar surface area (TPSA) is 75.4 Å². The van der Waals surface area contributed by atoms with Gasteiger partial charge < -0.3 is 5.11 Å². The highest BCUT2D eigenvalue weighted by molar-refractivity contribution is 7.89. The monoisotopic (exact) mass is 247 g/mol. The van der Waals surface area contributed by atoms with Crippen LogP contribution in [0.1, 0.15) is 12.6 Å². The molecule has 0 radical (unpaired) electrons. The highest BCUT2D eigenvalue weighted by Gasteiger charge is 2.26. The van der Waals surface area contributed by atoms with E-state index < -0.39 is 10.0 Å². The molecule has 0 unspecified atom stereocenters. The quantitative estimate of drug-likeness (QED) is 0.777. The molecule has 7 heteroatoms. The van der Waals surface area contributed by atoms with E-state index in [0.717, 1.165) is 0 Å². The molecule has 1 heterocycles. The summed E-state index contributed by atoms with van der Waals surface area (Å²) in [6.45, 7) is 3.63. The molecule has 1 aromatic rings. The van der Waals surface area contributed by atoms with Crippen molar-refractivity contribution >= 4 is 10.0 Å². The van der Waals surface area contributed by atoms with E-state index in [4.69, 9.17) is 5.11 Å². The lowest BCUT2D eigenvalue weighted by Gasteiger charge is -2.18. The molecule has 0 amide bonds. The van der Waals surface area contributed by atoms with E-state index in [0.29, 0.717) is 12.2 Å².